The molecule has 0 spiro atoms. The Morgan fingerprint density at radius 1 is 1.15 bits per heavy atom. The molecule has 0 aliphatic carbocycles. The molecule has 4 heteroatoms. The second-order valence-electron chi connectivity index (χ2n) is 7.32. The summed E-state index contributed by atoms with van der Waals surface area (Å²) < 4.78 is 5.33. The third kappa shape index (κ3) is 4.89. The lowest BCUT2D eigenvalue weighted by Crippen LogP contribution is -2.47. The summed E-state index contributed by atoms with van der Waals surface area (Å²) in [5.74, 6) is 1.12. The Morgan fingerprint density at radius 3 is 2.56 bits per heavy atom. The van der Waals surface area contributed by atoms with E-state index in [2.05, 4.69) is 42.2 Å². The van der Waals surface area contributed by atoms with Gasteiger partial charge in [-0.2, -0.15) is 0 Å². The van der Waals surface area contributed by atoms with E-state index in [1.807, 2.05) is 30.0 Å². The van der Waals surface area contributed by atoms with E-state index in [4.69, 9.17) is 4.74 Å². The molecule has 0 aromatic heterocycles. The first-order valence-electron chi connectivity index (χ1n) is 9.84. The van der Waals surface area contributed by atoms with Crippen molar-refractivity contribution in [2.45, 2.75) is 45.7 Å². The second kappa shape index (κ2) is 9.05. The SMILES string of the molecule is CCC(=O)N(c1cccc(C)c1)C1CCN(Cc2cccc(OC)c2)CC1. The maximum Gasteiger partial charge on any atom is 0.226 e. The topological polar surface area (TPSA) is 32.8 Å². The number of ether oxygens (including phenoxy) is 1. The molecule has 1 saturated heterocycles. The minimum absolute atomic E-state index is 0.215. The summed E-state index contributed by atoms with van der Waals surface area (Å²) in [6, 6.07) is 16.8. The first-order valence-corrected chi connectivity index (χ1v) is 9.84. The van der Waals surface area contributed by atoms with Crippen LogP contribution in [0.1, 0.15) is 37.3 Å². The number of hydrogen-bond donors (Lipinski definition) is 0. The van der Waals surface area contributed by atoms with E-state index in [0.29, 0.717) is 6.42 Å². The van der Waals surface area contributed by atoms with Crippen LogP contribution in [0.15, 0.2) is 48.5 Å². The lowest BCUT2D eigenvalue weighted by atomic mass is 10.0. The molecule has 0 saturated carbocycles. The first-order chi connectivity index (χ1) is 13.1. The summed E-state index contributed by atoms with van der Waals surface area (Å²) in [7, 11) is 1.70. The molecule has 4 nitrogen and oxygen atoms in total. The summed E-state index contributed by atoms with van der Waals surface area (Å²) in [5, 5.41) is 0. The van der Waals surface area contributed by atoms with E-state index in [1.54, 1.807) is 7.11 Å². The fraction of sp³-hybridized carbons (Fsp3) is 0.435. The molecule has 1 aliphatic rings. The van der Waals surface area contributed by atoms with Crippen LogP contribution in [0.4, 0.5) is 5.69 Å². The third-order valence-electron chi connectivity index (χ3n) is 5.31. The number of likely N-dealkylation sites (tertiary alicyclic amines) is 1. The molecule has 1 fully saturated rings. The molecule has 0 N–H and O–H groups in total. The van der Waals surface area contributed by atoms with Gasteiger partial charge < -0.3 is 9.64 Å². The van der Waals surface area contributed by atoms with E-state index in [9.17, 15) is 4.79 Å². The van der Waals surface area contributed by atoms with Crippen molar-refractivity contribution in [2.75, 3.05) is 25.1 Å². The van der Waals surface area contributed by atoms with Crippen LogP contribution in [0.5, 0.6) is 5.75 Å². The van der Waals surface area contributed by atoms with Crippen LogP contribution >= 0.6 is 0 Å². The minimum Gasteiger partial charge on any atom is -0.497 e. The number of hydrogen-bond acceptors (Lipinski definition) is 3. The maximum atomic E-state index is 12.7. The predicted octanol–water partition coefficient (Wildman–Crippen LogP) is 4.41. The van der Waals surface area contributed by atoms with E-state index < -0.39 is 0 Å². The van der Waals surface area contributed by atoms with Crippen molar-refractivity contribution in [1.82, 2.24) is 4.90 Å². The highest BCUT2D eigenvalue weighted by Gasteiger charge is 2.28. The molecule has 1 heterocycles. The van der Waals surface area contributed by atoms with Gasteiger partial charge in [0.15, 0.2) is 0 Å². The number of amides is 1. The van der Waals surface area contributed by atoms with Gasteiger partial charge in [-0.3, -0.25) is 9.69 Å². The Labute approximate surface area is 162 Å². The summed E-state index contributed by atoms with van der Waals surface area (Å²) in [4.78, 5) is 17.2. The second-order valence-corrected chi connectivity index (χ2v) is 7.32. The molecule has 1 amide bonds. The Bertz CT molecular complexity index is 766. The zero-order chi connectivity index (χ0) is 19.2. The van der Waals surface area contributed by atoms with E-state index in [0.717, 1.165) is 43.9 Å². The number of nitrogens with zero attached hydrogens (tertiary/aromatic N) is 2. The Kier molecular flexibility index (Phi) is 6.51. The average Bonchev–Trinajstić information content (AvgIpc) is 2.69. The van der Waals surface area contributed by atoms with Crippen molar-refractivity contribution in [3.63, 3.8) is 0 Å². The molecule has 0 atom stereocenters. The normalized spacial score (nSPS) is 15.5. The molecule has 1 aliphatic heterocycles. The van der Waals surface area contributed by atoms with Crippen molar-refractivity contribution in [2.24, 2.45) is 0 Å². The molecule has 0 bridgehead atoms. The third-order valence-corrected chi connectivity index (χ3v) is 5.31. The molecule has 2 aromatic rings. The summed E-state index contributed by atoms with van der Waals surface area (Å²) >= 11 is 0. The van der Waals surface area contributed by atoms with Crippen LogP contribution in [0.2, 0.25) is 0 Å². The standard InChI is InChI=1S/C23H30N2O2/c1-4-23(26)25(21-9-5-7-18(2)15-21)20-11-13-24(14-12-20)17-19-8-6-10-22(16-19)27-3/h5-10,15-16,20H,4,11-14,17H2,1-3H3. The van der Waals surface area contributed by atoms with E-state index in [1.165, 1.54) is 11.1 Å². The van der Waals surface area contributed by atoms with Crippen LogP contribution in [-0.4, -0.2) is 37.0 Å². The minimum atomic E-state index is 0.215. The van der Waals surface area contributed by atoms with Gasteiger partial charge in [0.05, 0.1) is 7.11 Å². The highest BCUT2D eigenvalue weighted by atomic mass is 16.5. The molecule has 2 aromatic carbocycles. The van der Waals surface area contributed by atoms with Gasteiger partial charge in [-0.15, -0.1) is 0 Å². The highest BCUT2D eigenvalue weighted by Crippen LogP contribution is 2.26. The molecule has 27 heavy (non-hydrogen) atoms. The number of methoxy groups -OCH3 is 1. The van der Waals surface area contributed by atoms with Gasteiger partial charge in [-0.05, 0) is 55.2 Å². The maximum absolute atomic E-state index is 12.7. The number of anilines is 1. The van der Waals surface area contributed by atoms with Crippen LogP contribution < -0.4 is 9.64 Å². The summed E-state index contributed by atoms with van der Waals surface area (Å²) in [5.41, 5.74) is 3.50. The summed E-state index contributed by atoms with van der Waals surface area (Å²) in [6.07, 6.45) is 2.55. The average molecular weight is 367 g/mol. The van der Waals surface area contributed by atoms with Gasteiger partial charge in [0, 0.05) is 37.8 Å². The van der Waals surface area contributed by atoms with Gasteiger partial charge in [-0.25, -0.2) is 0 Å². The fourth-order valence-corrected chi connectivity index (χ4v) is 3.87. The number of carbonyl (C=O) groups excluding carboxylic acids is 1. The van der Waals surface area contributed by atoms with E-state index in [-0.39, 0.29) is 11.9 Å². The molecule has 0 radical (unpaired) electrons. The summed E-state index contributed by atoms with van der Waals surface area (Å²) in [6.45, 7) is 6.95. The smallest absolute Gasteiger partial charge is 0.226 e. The highest BCUT2D eigenvalue weighted by molar-refractivity contribution is 5.93. The first kappa shape index (κ1) is 19.4. The Balaban J connectivity index is 1.66. The molecule has 144 valence electrons. The number of aryl methyl sites for hydroxylation is 1. The number of carbonyl (C=O) groups is 1. The largest absolute Gasteiger partial charge is 0.497 e. The van der Waals surface area contributed by atoms with Crippen molar-refractivity contribution in [3.05, 3.63) is 59.7 Å². The number of benzene rings is 2. The van der Waals surface area contributed by atoms with Crippen LogP contribution in [0, 0.1) is 6.92 Å². The van der Waals surface area contributed by atoms with Crippen LogP contribution in [0.3, 0.4) is 0 Å². The molecular weight excluding hydrogens is 336 g/mol. The van der Waals surface area contributed by atoms with Crippen molar-refractivity contribution in [1.29, 1.82) is 0 Å². The predicted molar refractivity (Wildman–Crippen MR) is 110 cm³/mol. The van der Waals surface area contributed by atoms with Gasteiger partial charge in [0.1, 0.15) is 5.75 Å². The van der Waals surface area contributed by atoms with Gasteiger partial charge >= 0.3 is 0 Å². The Hall–Kier alpha value is -2.33. The van der Waals surface area contributed by atoms with E-state index >= 15 is 0 Å². The quantitative estimate of drug-likeness (QED) is 0.759. The monoisotopic (exact) mass is 366 g/mol. The van der Waals surface area contributed by atoms with Crippen LogP contribution in [-0.2, 0) is 11.3 Å². The molecule has 0 unspecified atom stereocenters. The van der Waals surface area contributed by atoms with Gasteiger partial charge in [0.25, 0.3) is 0 Å². The zero-order valence-electron chi connectivity index (χ0n) is 16.6. The number of piperidine rings is 1. The van der Waals surface area contributed by atoms with Crippen molar-refractivity contribution in [3.8, 4) is 5.75 Å². The van der Waals surface area contributed by atoms with Crippen molar-refractivity contribution < 1.29 is 9.53 Å². The molecule has 3 rings (SSSR count). The van der Waals surface area contributed by atoms with Gasteiger partial charge in [0.2, 0.25) is 5.91 Å². The lowest BCUT2D eigenvalue weighted by molar-refractivity contribution is -0.119. The fourth-order valence-electron chi connectivity index (χ4n) is 3.87. The lowest BCUT2D eigenvalue weighted by Gasteiger charge is -2.38. The molecular formula is C23H30N2O2. The Morgan fingerprint density at radius 2 is 1.89 bits per heavy atom. The van der Waals surface area contributed by atoms with Gasteiger partial charge in [-0.1, -0.05) is 31.2 Å². The van der Waals surface area contributed by atoms with Crippen LogP contribution in [0.25, 0.3) is 0 Å². The zero-order valence-corrected chi connectivity index (χ0v) is 16.6. The van der Waals surface area contributed by atoms with Crippen molar-refractivity contribution >= 4 is 11.6 Å². The number of rotatable bonds is 6.